The molecule has 0 bridgehead atoms. The Morgan fingerprint density at radius 1 is 1.37 bits per heavy atom. The van der Waals surface area contributed by atoms with Gasteiger partial charge in [-0.05, 0) is 24.6 Å². The first-order valence-corrected chi connectivity index (χ1v) is 9.07. The lowest BCUT2D eigenvalue weighted by Crippen LogP contribution is -2.42. The number of hydrogen-bond acceptors (Lipinski definition) is 6. The zero-order chi connectivity index (χ0) is 19.0. The highest BCUT2D eigenvalue weighted by Crippen LogP contribution is 2.39. The molecule has 7 heteroatoms. The monoisotopic (exact) mass is 368 g/mol. The van der Waals surface area contributed by atoms with Gasteiger partial charge in [-0.15, -0.1) is 0 Å². The average Bonchev–Trinajstić information content (AvgIpc) is 3.12. The standard InChI is InChI=1S/C20H24N4O3/c1-23(2)19-21-10-15-11-27-13-20(17(15)22-19)7-8-24(12-20)18(25)14-5-4-6-16(9-14)26-3/h4-6,9-10H,7-8,11-13H2,1-3H3. The second-order valence-corrected chi connectivity index (χ2v) is 7.42. The van der Waals surface area contributed by atoms with Crippen molar-refractivity contribution in [3.63, 3.8) is 0 Å². The fourth-order valence-corrected chi connectivity index (χ4v) is 3.90. The Bertz CT molecular complexity index is 870. The van der Waals surface area contributed by atoms with Gasteiger partial charge < -0.3 is 19.3 Å². The molecule has 2 aromatic rings. The number of anilines is 1. The first-order valence-electron chi connectivity index (χ1n) is 9.07. The third kappa shape index (κ3) is 3.12. The Labute approximate surface area is 158 Å². The SMILES string of the molecule is COc1cccc(C(=O)N2CCC3(COCc4cnc(N(C)C)nc43)C2)c1. The van der Waals surface area contributed by atoms with Gasteiger partial charge in [0, 0.05) is 44.5 Å². The molecule has 2 aliphatic heterocycles. The van der Waals surface area contributed by atoms with E-state index in [1.165, 1.54) is 0 Å². The maximum absolute atomic E-state index is 13.0. The van der Waals surface area contributed by atoms with Crippen molar-refractivity contribution in [1.29, 1.82) is 0 Å². The van der Waals surface area contributed by atoms with Gasteiger partial charge in [-0.1, -0.05) is 6.07 Å². The van der Waals surface area contributed by atoms with Crippen LogP contribution in [0.25, 0.3) is 0 Å². The van der Waals surface area contributed by atoms with Gasteiger partial charge in [0.15, 0.2) is 0 Å². The Morgan fingerprint density at radius 2 is 2.22 bits per heavy atom. The van der Waals surface area contributed by atoms with Crippen molar-refractivity contribution in [2.75, 3.05) is 45.8 Å². The van der Waals surface area contributed by atoms with Crippen LogP contribution in [0.2, 0.25) is 0 Å². The molecule has 142 valence electrons. The number of likely N-dealkylation sites (tertiary alicyclic amines) is 1. The van der Waals surface area contributed by atoms with E-state index in [2.05, 4.69) is 4.98 Å². The molecule has 27 heavy (non-hydrogen) atoms. The van der Waals surface area contributed by atoms with Gasteiger partial charge in [-0.25, -0.2) is 9.97 Å². The predicted octanol–water partition coefficient (Wildman–Crippen LogP) is 1.87. The molecular weight excluding hydrogens is 344 g/mol. The number of hydrogen-bond donors (Lipinski definition) is 0. The van der Waals surface area contributed by atoms with Crippen LogP contribution < -0.4 is 9.64 Å². The molecule has 0 N–H and O–H groups in total. The van der Waals surface area contributed by atoms with Crippen LogP contribution in [-0.4, -0.2) is 61.7 Å². The Balaban J connectivity index is 1.62. The number of rotatable bonds is 3. The number of aromatic nitrogens is 2. The molecule has 1 aromatic carbocycles. The first kappa shape index (κ1) is 17.7. The molecule has 0 saturated carbocycles. The van der Waals surface area contributed by atoms with Crippen LogP contribution in [0.15, 0.2) is 30.5 Å². The summed E-state index contributed by atoms with van der Waals surface area (Å²) in [6.45, 7) is 2.38. The fraction of sp³-hybridized carbons (Fsp3) is 0.450. The highest BCUT2D eigenvalue weighted by Gasteiger charge is 2.46. The summed E-state index contributed by atoms with van der Waals surface area (Å²) in [6.07, 6.45) is 2.69. The largest absolute Gasteiger partial charge is 0.497 e. The summed E-state index contributed by atoms with van der Waals surface area (Å²) in [6, 6.07) is 7.29. The van der Waals surface area contributed by atoms with Crippen molar-refractivity contribution < 1.29 is 14.3 Å². The third-order valence-corrected chi connectivity index (χ3v) is 5.35. The lowest BCUT2D eigenvalue weighted by atomic mass is 9.80. The summed E-state index contributed by atoms with van der Waals surface area (Å²) in [7, 11) is 5.47. The van der Waals surface area contributed by atoms with Crippen molar-refractivity contribution in [2.45, 2.75) is 18.4 Å². The molecule has 1 unspecified atom stereocenters. The Kier molecular flexibility index (Phi) is 4.47. The summed E-state index contributed by atoms with van der Waals surface area (Å²) in [5, 5.41) is 0. The quantitative estimate of drug-likeness (QED) is 0.824. The van der Waals surface area contributed by atoms with Gasteiger partial charge in [-0.3, -0.25) is 4.79 Å². The van der Waals surface area contributed by atoms with E-state index in [0.29, 0.717) is 43.6 Å². The van der Waals surface area contributed by atoms with Crippen LogP contribution in [0.3, 0.4) is 0 Å². The maximum atomic E-state index is 13.0. The molecule has 1 aromatic heterocycles. The normalized spacial score (nSPS) is 21.2. The van der Waals surface area contributed by atoms with Crippen LogP contribution in [0, 0.1) is 0 Å². The van der Waals surface area contributed by atoms with Gasteiger partial charge in [0.25, 0.3) is 5.91 Å². The minimum absolute atomic E-state index is 0.0137. The van der Waals surface area contributed by atoms with E-state index in [9.17, 15) is 4.79 Å². The highest BCUT2D eigenvalue weighted by atomic mass is 16.5. The van der Waals surface area contributed by atoms with Gasteiger partial charge in [0.05, 0.1) is 31.4 Å². The van der Waals surface area contributed by atoms with Crippen LogP contribution >= 0.6 is 0 Å². The summed E-state index contributed by atoms with van der Waals surface area (Å²) in [4.78, 5) is 26.0. The summed E-state index contributed by atoms with van der Waals surface area (Å²) >= 11 is 0. The van der Waals surface area contributed by atoms with Crippen LogP contribution in [0.1, 0.15) is 28.0 Å². The van der Waals surface area contributed by atoms with Crippen LogP contribution in [0.4, 0.5) is 5.95 Å². The lowest BCUT2D eigenvalue weighted by molar-refractivity contribution is 0.0485. The van der Waals surface area contributed by atoms with Gasteiger partial charge in [0.2, 0.25) is 5.95 Å². The number of methoxy groups -OCH3 is 1. The number of fused-ring (bicyclic) bond motifs is 2. The van der Waals surface area contributed by atoms with E-state index in [-0.39, 0.29) is 11.3 Å². The van der Waals surface area contributed by atoms with Crippen LogP contribution in [-0.2, 0) is 16.8 Å². The minimum atomic E-state index is -0.268. The molecule has 4 rings (SSSR count). The van der Waals surface area contributed by atoms with Gasteiger partial charge in [-0.2, -0.15) is 0 Å². The van der Waals surface area contributed by atoms with E-state index < -0.39 is 0 Å². The topological polar surface area (TPSA) is 67.8 Å². The molecule has 0 radical (unpaired) electrons. The molecule has 1 amide bonds. The molecule has 1 saturated heterocycles. The maximum Gasteiger partial charge on any atom is 0.254 e. The fourth-order valence-electron chi connectivity index (χ4n) is 3.90. The zero-order valence-corrected chi connectivity index (χ0v) is 15.9. The summed E-state index contributed by atoms with van der Waals surface area (Å²) < 4.78 is 11.1. The lowest BCUT2D eigenvalue weighted by Gasteiger charge is -2.34. The van der Waals surface area contributed by atoms with Crippen molar-refractivity contribution in [1.82, 2.24) is 14.9 Å². The number of ether oxygens (including phenoxy) is 2. The molecule has 1 spiro atoms. The van der Waals surface area contributed by atoms with E-state index in [4.69, 9.17) is 14.5 Å². The summed E-state index contributed by atoms with van der Waals surface area (Å²) in [5.41, 5.74) is 2.41. The van der Waals surface area contributed by atoms with E-state index in [1.54, 1.807) is 13.2 Å². The molecular formula is C20H24N4O3. The van der Waals surface area contributed by atoms with Gasteiger partial charge in [0.1, 0.15) is 5.75 Å². The smallest absolute Gasteiger partial charge is 0.254 e. The Morgan fingerprint density at radius 3 is 3.00 bits per heavy atom. The number of carbonyl (C=O) groups is 1. The van der Waals surface area contributed by atoms with E-state index in [0.717, 1.165) is 17.7 Å². The molecule has 1 fully saturated rings. The second-order valence-electron chi connectivity index (χ2n) is 7.42. The van der Waals surface area contributed by atoms with E-state index >= 15 is 0 Å². The number of benzene rings is 1. The second kappa shape index (κ2) is 6.81. The van der Waals surface area contributed by atoms with E-state index in [1.807, 2.05) is 48.3 Å². The molecule has 7 nitrogen and oxygen atoms in total. The zero-order valence-electron chi connectivity index (χ0n) is 15.9. The van der Waals surface area contributed by atoms with Gasteiger partial charge >= 0.3 is 0 Å². The molecule has 0 aliphatic carbocycles. The van der Waals surface area contributed by atoms with Crippen molar-refractivity contribution in [3.05, 3.63) is 47.3 Å². The number of nitrogens with zero attached hydrogens (tertiary/aromatic N) is 4. The molecule has 3 heterocycles. The third-order valence-electron chi connectivity index (χ3n) is 5.35. The minimum Gasteiger partial charge on any atom is -0.497 e. The average molecular weight is 368 g/mol. The Hall–Kier alpha value is -2.67. The van der Waals surface area contributed by atoms with Crippen molar-refractivity contribution >= 4 is 11.9 Å². The molecule has 1 atom stereocenters. The van der Waals surface area contributed by atoms with Crippen LogP contribution in [0.5, 0.6) is 5.75 Å². The highest BCUT2D eigenvalue weighted by molar-refractivity contribution is 5.95. The predicted molar refractivity (Wildman–Crippen MR) is 101 cm³/mol. The van der Waals surface area contributed by atoms with Crippen molar-refractivity contribution in [3.8, 4) is 5.75 Å². The molecule has 2 aliphatic rings. The number of carbonyl (C=O) groups excluding carboxylic acids is 1. The van der Waals surface area contributed by atoms with Crippen molar-refractivity contribution in [2.24, 2.45) is 0 Å². The number of amides is 1. The first-order chi connectivity index (χ1) is 13.0. The summed E-state index contributed by atoms with van der Waals surface area (Å²) in [5.74, 6) is 1.39.